The summed E-state index contributed by atoms with van der Waals surface area (Å²) in [5.74, 6) is -0.00332. The molecular weight excluding hydrogens is 370 g/mol. The van der Waals surface area contributed by atoms with Gasteiger partial charge in [0.2, 0.25) is 5.91 Å². The molecule has 0 aliphatic carbocycles. The molecule has 0 bridgehead atoms. The van der Waals surface area contributed by atoms with Gasteiger partial charge in [-0.15, -0.1) is 0 Å². The molecule has 1 amide bonds. The summed E-state index contributed by atoms with van der Waals surface area (Å²) in [6.45, 7) is 0. The van der Waals surface area contributed by atoms with Crippen molar-refractivity contribution in [3.8, 4) is 11.5 Å². The topological polar surface area (TPSA) is 84.9 Å². The van der Waals surface area contributed by atoms with Gasteiger partial charge in [0.25, 0.3) is 0 Å². The smallest absolute Gasteiger partial charge is 0.305 e. The normalized spacial score (nSPS) is 11.5. The Balaban J connectivity index is 2.01. The number of amides is 1. The van der Waals surface area contributed by atoms with Crippen molar-refractivity contribution in [1.82, 2.24) is 5.32 Å². The predicted molar refractivity (Wildman–Crippen MR) is 102 cm³/mol. The van der Waals surface area contributed by atoms with Crippen molar-refractivity contribution in [3.63, 3.8) is 0 Å². The minimum atomic E-state index is -0.991. The molecule has 0 aliphatic rings. The highest BCUT2D eigenvalue weighted by molar-refractivity contribution is 6.30. The van der Waals surface area contributed by atoms with E-state index in [1.807, 2.05) is 12.1 Å². The van der Waals surface area contributed by atoms with E-state index in [-0.39, 0.29) is 18.7 Å². The molecule has 0 radical (unpaired) electrons. The number of halogens is 1. The van der Waals surface area contributed by atoms with E-state index in [1.165, 1.54) is 0 Å². The van der Waals surface area contributed by atoms with Gasteiger partial charge in [0.05, 0.1) is 26.7 Å². The van der Waals surface area contributed by atoms with Gasteiger partial charge in [-0.3, -0.25) is 9.59 Å². The van der Waals surface area contributed by atoms with Crippen LogP contribution < -0.4 is 14.8 Å². The lowest BCUT2D eigenvalue weighted by Gasteiger charge is -2.18. The van der Waals surface area contributed by atoms with Gasteiger partial charge in [-0.2, -0.15) is 0 Å². The number of carboxylic acids is 1. The molecule has 0 aliphatic heterocycles. The molecule has 0 aromatic heterocycles. The molecule has 2 rings (SSSR count). The summed E-state index contributed by atoms with van der Waals surface area (Å²) in [5, 5.41) is 12.5. The van der Waals surface area contributed by atoms with E-state index in [0.717, 1.165) is 5.56 Å². The molecule has 7 heteroatoms. The summed E-state index contributed by atoms with van der Waals surface area (Å²) in [7, 11) is 3.11. The lowest BCUT2D eigenvalue weighted by Crippen LogP contribution is -2.30. The SMILES string of the molecule is COc1ccc(CCC(=O)N[C@@H](CC(=O)O)c2ccc(Cl)cc2)cc1OC. The molecule has 0 heterocycles. The maximum Gasteiger partial charge on any atom is 0.305 e. The number of benzene rings is 2. The standard InChI is InChI=1S/C20H22ClNO5/c1-26-17-9-3-13(11-18(17)27-2)4-10-19(23)22-16(12-20(24)25)14-5-7-15(21)8-6-14/h3,5-9,11,16H,4,10,12H2,1-2H3,(H,22,23)(H,24,25)/t16-/m0/s1. The first-order valence-corrected chi connectivity index (χ1v) is 8.78. The molecule has 1 atom stereocenters. The quantitative estimate of drug-likeness (QED) is 0.682. The Bertz CT molecular complexity index is 791. The van der Waals surface area contributed by atoms with Crippen molar-refractivity contribution in [1.29, 1.82) is 0 Å². The summed E-state index contributed by atoms with van der Waals surface area (Å²) in [6.07, 6.45) is 0.509. The number of carbonyl (C=O) groups is 2. The average Bonchev–Trinajstić information content (AvgIpc) is 2.65. The van der Waals surface area contributed by atoms with Gasteiger partial charge < -0.3 is 19.9 Å². The maximum absolute atomic E-state index is 12.3. The second-order valence-electron chi connectivity index (χ2n) is 5.96. The van der Waals surface area contributed by atoms with Crippen LogP contribution in [-0.2, 0) is 16.0 Å². The van der Waals surface area contributed by atoms with Gasteiger partial charge in [-0.05, 0) is 41.8 Å². The number of ether oxygens (including phenoxy) is 2. The molecule has 0 spiro atoms. The highest BCUT2D eigenvalue weighted by atomic mass is 35.5. The zero-order chi connectivity index (χ0) is 19.8. The molecule has 0 unspecified atom stereocenters. The van der Waals surface area contributed by atoms with Gasteiger partial charge in [0.1, 0.15) is 0 Å². The molecule has 6 nitrogen and oxygen atoms in total. The van der Waals surface area contributed by atoms with Crippen molar-refractivity contribution in [2.75, 3.05) is 14.2 Å². The Morgan fingerprint density at radius 2 is 1.74 bits per heavy atom. The number of nitrogens with one attached hydrogen (secondary N) is 1. The first-order chi connectivity index (χ1) is 12.9. The van der Waals surface area contributed by atoms with E-state index in [9.17, 15) is 9.59 Å². The molecule has 2 N–H and O–H groups in total. The van der Waals surface area contributed by atoms with E-state index in [4.69, 9.17) is 26.2 Å². The van der Waals surface area contributed by atoms with Crippen molar-refractivity contribution in [3.05, 3.63) is 58.6 Å². The van der Waals surface area contributed by atoms with E-state index in [1.54, 1.807) is 44.6 Å². The highest BCUT2D eigenvalue weighted by Crippen LogP contribution is 2.28. The largest absolute Gasteiger partial charge is 0.493 e. The monoisotopic (exact) mass is 391 g/mol. The third-order valence-electron chi connectivity index (χ3n) is 4.08. The van der Waals surface area contributed by atoms with Crippen LogP contribution in [0.3, 0.4) is 0 Å². The highest BCUT2D eigenvalue weighted by Gasteiger charge is 2.18. The second-order valence-corrected chi connectivity index (χ2v) is 6.40. The van der Waals surface area contributed by atoms with E-state index >= 15 is 0 Å². The molecular formula is C20H22ClNO5. The fourth-order valence-corrected chi connectivity index (χ4v) is 2.81. The lowest BCUT2D eigenvalue weighted by atomic mass is 10.0. The zero-order valence-electron chi connectivity index (χ0n) is 15.2. The number of carbonyl (C=O) groups excluding carboxylic acids is 1. The number of hydrogen-bond donors (Lipinski definition) is 2. The Hall–Kier alpha value is -2.73. The van der Waals surface area contributed by atoms with Crippen LogP contribution in [-0.4, -0.2) is 31.2 Å². The maximum atomic E-state index is 12.3. The Kier molecular flexibility index (Phi) is 7.49. The predicted octanol–water partition coefficient (Wildman–Crippen LogP) is 3.62. The molecule has 0 saturated carbocycles. The van der Waals surface area contributed by atoms with E-state index < -0.39 is 12.0 Å². The summed E-state index contributed by atoms with van der Waals surface area (Å²) in [5.41, 5.74) is 1.62. The minimum Gasteiger partial charge on any atom is -0.493 e. The molecule has 0 saturated heterocycles. The Morgan fingerprint density at radius 3 is 2.33 bits per heavy atom. The van der Waals surface area contributed by atoms with Crippen LogP contribution in [0, 0.1) is 0 Å². The first-order valence-electron chi connectivity index (χ1n) is 8.40. The van der Waals surface area contributed by atoms with E-state index in [0.29, 0.717) is 28.5 Å². The van der Waals surface area contributed by atoms with Gasteiger partial charge in [0.15, 0.2) is 11.5 Å². The van der Waals surface area contributed by atoms with Crippen molar-refractivity contribution in [2.24, 2.45) is 0 Å². The summed E-state index contributed by atoms with van der Waals surface area (Å²) in [4.78, 5) is 23.5. The molecule has 0 fully saturated rings. The lowest BCUT2D eigenvalue weighted by molar-refractivity contribution is -0.137. The van der Waals surface area contributed by atoms with Crippen LogP contribution in [0.15, 0.2) is 42.5 Å². The van der Waals surface area contributed by atoms with Gasteiger partial charge >= 0.3 is 5.97 Å². The molecule has 144 valence electrons. The van der Waals surface area contributed by atoms with Crippen LogP contribution >= 0.6 is 11.6 Å². The third-order valence-corrected chi connectivity index (χ3v) is 4.33. The number of aliphatic carboxylic acids is 1. The van der Waals surface area contributed by atoms with E-state index in [2.05, 4.69) is 5.32 Å². The fourth-order valence-electron chi connectivity index (χ4n) is 2.68. The van der Waals surface area contributed by atoms with Gasteiger partial charge in [0, 0.05) is 11.4 Å². The molecule has 27 heavy (non-hydrogen) atoms. The summed E-state index contributed by atoms with van der Waals surface area (Å²) >= 11 is 5.87. The van der Waals surface area contributed by atoms with Crippen LogP contribution in [0.5, 0.6) is 11.5 Å². The second kappa shape index (κ2) is 9.83. The van der Waals surface area contributed by atoms with Gasteiger partial charge in [-0.1, -0.05) is 29.8 Å². The van der Waals surface area contributed by atoms with Crippen molar-refractivity contribution in [2.45, 2.75) is 25.3 Å². The Morgan fingerprint density at radius 1 is 1.07 bits per heavy atom. The van der Waals surface area contributed by atoms with Crippen molar-refractivity contribution < 1.29 is 24.2 Å². The number of methoxy groups -OCH3 is 2. The third kappa shape index (κ3) is 6.18. The Labute approximate surface area is 163 Å². The fraction of sp³-hybridized carbons (Fsp3) is 0.300. The molecule has 2 aromatic carbocycles. The van der Waals surface area contributed by atoms with Crippen molar-refractivity contribution >= 4 is 23.5 Å². The number of aryl methyl sites for hydroxylation is 1. The average molecular weight is 392 g/mol. The summed E-state index contributed by atoms with van der Waals surface area (Å²) in [6, 6.07) is 11.6. The minimum absolute atomic E-state index is 0.205. The van der Waals surface area contributed by atoms with Crippen LogP contribution in [0.1, 0.15) is 30.0 Å². The van der Waals surface area contributed by atoms with Gasteiger partial charge in [-0.25, -0.2) is 0 Å². The van der Waals surface area contributed by atoms with Crippen LogP contribution in [0.4, 0.5) is 0 Å². The van der Waals surface area contributed by atoms with Crippen LogP contribution in [0.25, 0.3) is 0 Å². The first kappa shape index (κ1) is 20.6. The van der Waals surface area contributed by atoms with Crippen LogP contribution in [0.2, 0.25) is 5.02 Å². The zero-order valence-corrected chi connectivity index (χ0v) is 16.0. The molecule has 2 aromatic rings. The number of hydrogen-bond acceptors (Lipinski definition) is 4. The number of carboxylic acid groups (broad SMARTS) is 1. The number of rotatable bonds is 9. The summed E-state index contributed by atoms with van der Waals surface area (Å²) < 4.78 is 10.5.